The van der Waals surface area contributed by atoms with E-state index >= 15 is 0 Å². The van der Waals surface area contributed by atoms with Gasteiger partial charge in [-0.15, -0.1) is 0 Å². The molecule has 0 N–H and O–H groups in total. The van der Waals surface area contributed by atoms with Gasteiger partial charge in [-0.2, -0.15) is 0 Å². The van der Waals surface area contributed by atoms with Gasteiger partial charge in [0.2, 0.25) is 0 Å². The van der Waals surface area contributed by atoms with E-state index in [9.17, 15) is 4.39 Å². The molecular formula is C8H6BrFN2. The highest BCUT2D eigenvalue weighted by Crippen LogP contribution is 2.15. The number of hydrogen-bond acceptors (Lipinski definition) is 1. The molecule has 0 aromatic carbocycles. The third-order valence-electron chi connectivity index (χ3n) is 1.67. The summed E-state index contributed by atoms with van der Waals surface area (Å²) in [5, 5.41) is 0. The molecule has 2 rings (SSSR count). The molecular weight excluding hydrogens is 223 g/mol. The van der Waals surface area contributed by atoms with Crippen molar-refractivity contribution in [2.24, 2.45) is 0 Å². The molecule has 0 spiro atoms. The predicted molar refractivity (Wildman–Crippen MR) is 47.6 cm³/mol. The van der Waals surface area contributed by atoms with Crippen LogP contribution in [-0.2, 0) is 0 Å². The molecule has 0 bridgehead atoms. The van der Waals surface area contributed by atoms with E-state index in [2.05, 4.69) is 20.9 Å². The minimum atomic E-state index is -0.245. The van der Waals surface area contributed by atoms with Gasteiger partial charge in [0.1, 0.15) is 16.1 Å². The van der Waals surface area contributed by atoms with Crippen molar-refractivity contribution in [3.8, 4) is 0 Å². The van der Waals surface area contributed by atoms with Crippen molar-refractivity contribution in [1.29, 1.82) is 0 Å². The second-order valence-electron chi connectivity index (χ2n) is 2.64. The van der Waals surface area contributed by atoms with E-state index in [0.717, 1.165) is 15.8 Å². The van der Waals surface area contributed by atoms with Gasteiger partial charge in [-0.3, -0.25) is 0 Å². The summed E-state index contributed by atoms with van der Waals surface area (Å²) in [6.07, 6.45) is 3.13. The Hall–Kier alpha value is -0.900. The van der Waals surface area contributed by atoms with Gasteiger partial charge in [-0.25, -0.2) is 9.37 Å². The zero-order chi connectivity index (χ0) is 8.72. The maximum atomic E-state index is 12.8. The standard InChI is InChI=1S/C8H6BrFN2/c1-5-2-6(10)3-12-4-7(9)11-8(5)12/h2-4H,1H3. The van der Waals surface area contributed by atoms with Gasteiger partial charge in [0.15, 0.2) is 0 Å². The van der Waals surface area contributed by atoms with Crippen LogP contribution in [0.3, 0.4) is 0 Å². The van der Waals surface area contributed by atoms with Crippen LogP contribution in [0.1, 0.15) is 5.56 Å². The Morgan fingerprint density at radius 2 is 2.25 bits per heavy atom. The first-order valence-corrected chi connectivity index (χ1v) is 4.26. The molecule has 0 unspecified atom stereocenters. The Labute approximate surface area is 77.2 Å². The number of halogens is 2. The van der Waals surface area contributed by atoms with E-state index in [0.29, 0.717) is 0 Å². The van der Waals surface area contributed by atoms with Crippen molar-refractivity contribution in [2.75, 3.05) is 0 Å². The summed E-state index contributed by atoms with van der Waals surface area (Å²) in [6.45, 7) is 1.83. The topological polar surface area (TPSA) is 17.3 Å². The average molecular weight is 229 g/mol. The van der Waals surface area contributed by atoms with E-state index in [1.165, 1.54) is 12.3 Å². The second kappa shape index (κ2) is 2.55. The van der Waals surface area contributed by atoms with Gasteiger partial charge in [0.25, 0.3) is 0 Å². The number of rotatable bonds is 0. The van der Waals surface area contributed by atoms with Crippen molar-refractivity contribution in [2.45, 2.75) is 6.92 Å². The van der Waals surface area contributed by atoms with E-state index in [-0.39, 0.29) is 5.82 Å². The monoisotopic (exact) mass is 228 g/mol. The molecule has 2 heterocycles. The van der Waals surface area contributed by atoms with Gasteiger partial charge in [0.05, 0.1) is 0 Å². The lowest BCUT2D eigenvalue weighted by Gasteiger charge is -1.96. The van der Waals surface area contributed by atoms with E-state index in [4.69, 9.17) is 0 Å². The zero-order valence-electron chi connectivity index (χ0n) is 6.38. The van der Waals surface area contributed by atoms with E-state index in [1.807, 2.05) is 6.92 Å². The van der Waals surface area contributed by atoms with Gasteiger partial charge in [0, 0.05) is 12.4 Å². The number of fused-ring (bicyclic) bond motifs is 1. The smallest absolute Gasteiger partial charge is 0.141 e. The highest BCUT2D eigenvalue weighted by atomic mass is 79.9. The van der Waals surface area contributed by atoms with Gasteiger partial charge in [-0.05, 0) is 34.5 Å². The van der Waals surface area contributed by atoms with Crippen LogP contribution in [-0.4, -0.2) is 9.38 Å². The van der Waals surface area contributed by atoms with Gasteiger partial charge in [-0.1, -0.05) is 0 Å². The number of nitrogens with zero attached hydrogens (tertiary/aromatic N) is 2. The van der Waals surface area contributed by atoms with Crippen molar-refractivity contribution in [3.05, 3.63) is 34.4 Å². The molecule has 0 aliphatic carbocycles. The lowest BCUT2D eigenvalue weighted by molar-refractivity contribution is 0.618. The van der Waals surface area contributed by atoms with Crippen LogP contribution >= 0.6 is 15.9 Å². The van der Waals surface area contributed by atoms with Crippen LogP contribution in [0.2, 0.25) is 0 Å². The molecule has 0 saturated heterocycles. The molecule has 0 atom stereocenters. The maximum absolute atomic E-state index is 12.8. The lowest BCUT2D eigenvalue weighted by atomic mass is 10.3. The van der Waals surface area contributed by atoms with Crippen molar-refractivity contribution in [3.63, 3.8) is 0 Å². The summed E-state index contributed by atoms with van der Waals surface area (Å²) in [6, 6.07) is 1.47. The summed E-state index contributed by atoms with van der Waals surface area (Å²) in [5.41, 5.74) is 1.61. The highest BCUT2D eigenvalue weighted by molar-refractivity contribution is 9.10. The SMILES string of the molecule is Cc1cc(F)cn2cc(Br)nc12. The quantitative estimate of drug-likeness (QED) is 0.678. The highest BCUT2D eigenvalue weighted by Gasteiger charge is 2.03. The summed E-state index contributed by atoms with van der Waals surface area (Å²) >= 11 is 3.23. The van der Waals surface area contributed by atoms with Crippen molar-refractivity contribution in [1.82, 2.24) is 9.38 Å². The molecule has 0 saturated carbocycles. The molecule has 0 amide bonds. The number of pyridine rings is 1. The molecule has 0 aliphatic rings. The number of hydrogen-bond donors (Lipinski definition) is 0. The molecule has 0 aliphatic heterocycles. The summed E-state index contributed by atoms with van der Waals surface area (Å²) in [5.74, 6) is -0.245. The maximum Gasteiger partial charge on any atom is 0.141 e. The van der Waals surface area contributed by atoms with Crippen molar-refractivity contribution >= 4 is 21.6 Å². The third kappa shape index (κ3) is 1.12. The minimum absolute atomic E-state index is 0.245. The predicted octanol–water partition coefficient (Wildman–Crippen LogP) is 2.54. The molecule has 0 radical (unpaired) electrons. The van der Waals surface area contributed by atoms with Gasteiger partial charge >= 0.3 is 0 Å². The normalized spacial score (nSPS) is 10.9. The summed E-state index contributed by atoms with van der Waals surface area (Å²) in [7, 11) is 0. The van der Waals surface area contributed by atoms with E-state index in [1.54, 1.807) is 10.6 Å². The second-order valence-corrected chi connectivity index (χ2v) is 3.45. The first-order valence-electron chi connectivity index (χ1n) is 3.47. The molecule has 62 valence electrons. The summed E-state index contributed by atoms with van der Waals surface area (Å²) < 4.78 is 15.2. The van der Waals surface area contributed by atoms with Crippen molar-refractivity contribution < 1.29 is 4.39 Å². The number of imidazole rings is 1. The van der Waals surface area contributed by atoms with Crippen LogP contribution in [0, 0.1) is 12.7 Å². The molecule has 2 aromatic rings. The van der Waals surface area contributed by atoms with Crippen LogP contribution in [0.15, 0.2) is 23.1 Å². The van der Waals surface area contributed by atoms with Crippen LogP contribution in [0.5, 0.6) is 0 Å². The summed E-state index contributed by atoms with van der Waals surface area (Å²) in [4.78, 5) is 4.17. The Balaban J connectivity index is 2.88. The Morgan fingerprint density at radius 1 is 1.50 bits per heavy atom. The molecule has 0 fully saturated rings. The molecule has 12 heavy (non-hydrogen) atoms. The first kappa shape index (κ1) is 7.73. The Morgan fingerprint density at radius 3 is 3.00 bits per heavy atom. The Kier molecular flexibility index (Phi) is 1.65. The molecule has 2 nitrogen and oxygen atoms in total. The van der Waals surface area contributed by atoms with Crippen LogP contribution in [0.25, 0.3) is 5.65 Å². The zero-order valence-corrected chi connectivity index (χ0v) is 7.97. The van der Waals surface area contributed by atoms with E-state index < -0.39 is 0 Å². The van der Waals surface area contributed by atoms with Gasteiger partial charge < -0.3 is 4.40 Å². The fourth-order valence-electron chi connectivity index (χ4n) is 1.20. The van der Waals surface area contributed by atoms with Crippen LogP contribution in [0.4, 0.5) is 4.39 Å². The number of aromatic nitrogens is 2. The fraction of sp³-hybridized carbons (Fsp3) is 0.125. The Bertz CT molecular complexity index is 436. The molecule has 2 aromatic heterocycles. The minimum Gasteiger partial charge on any atom is -0.303 e. The number of aryl methyl sites for hydroxylation is 1. The fourth-order valence-corrected chi connectivity index (χ4v) is 1.58. The first-order chi connectivity index (χ1) is 5.66. The lowest BCUT2D eigenvalue weighted by Crippen LogP contribution is -1.88. The molecule has 4 heteroatoms. The third-order valence-corrected chi connectivity index (χ3v) is 2.05. The van der Waals surface area contributed by atoms with Crippen LogP contribution < -0.4 is 0 Å². The average Bonchev–Trinajstić information content (AvgIpc) is 2.29. The largest absolute Gasteiger partial charge is 0.303 e.